The van der Waals surface area contributed by atoms with Gasteiger partial charge in [0.25, 0.3) is 0 Å². The Labute approximate surface area is 179 Å². The van der Waals surface area contributed by atoms with E-state index in [2.05, 4.69) is 22.2 Å². The third kappa shape index (κ3) is 6.87. The molecule has 0 fully saturated rings. The van der Waals surface area contributed by atoms with E-state index < -0.39 is 11.7 Å². The molecule has 0 saturated carbocycles. The maximum atomic E-state index is 13.4. The molecule has 3 rings (SSSR count). The Morgan fingerprint density at radius 3 is 2.35 bits per heavy atom. The molecule has 164 valence electrons. The molecule has 0 spiro atoms. The molecular weight excluding hydrogens is 407 g/mol. The van der Waals surface area contributed by atoms with Gasteiger partial charge in [-0.1, -0.05) is 50.1 Å². The number of benzene rings is 2. The number of hydrogen-bond donors (Lipinski definition) is 1. The molecule has 0 saturated heterocycles. The van der Waals surface area contributed by atoms with E-state index in [1.165, 1.54) is 0 Å². The Kier molecular flexibility index (Phi) is 7.70. The standard InChI is InChI=1S/C23H24F3N3O2/c1-2-3-7-14-30-19-12-10-18(11-13-19)28-21-20(23(24,25)26)15-27-22(29-21)31-16-17-8-5-4-6-9-17/h4-6,8-13,15H,2-3,7,14,16H2,1H3,(H,27,28,29). The van der Waals surface area contributed by atoms with Crippen LogP contribution in [0.25, 0.3) is 0 Å². The zero-order chi connectivity index (χ0) is 22.1. The zero-order valence-electron chi connectivity index (χ0n) is 17.2. The van der Waals surface area contributed by atoms with E-state index in [-0.39, 0.29) is 18.4 Å². The van der Waals surface area contributed by atoms with Crippen molar-refractivity contribution in [1.82, 2.24) is 9.97 Å². The van der Waals surface area contributed by atoms with Crippen molar-refractivity contribution < 1.29 is 22.6 Å². The molecule has 0 unspecified atom stereocenters. The van der Waals surface area contributed by atoms with Crippen LogP contribution >= 0.6 is 0 Å². The Morgan fingerprint density at radius 1 is 0.935 bits per heavy atom. The number of rotatable bonds is 10. The molecule has 31 heavy (non-hydrogen) atoms. The first-order valence-electron chi connectivity index (χ1n) is 10.1. The van der Waals surface area contributed by atoms with E-state index in [4.69, 9.17) is 9.47 Å². The number of nitrogens with one attached hydrogen (secondary N) is 1. The fourth-order valence-corrected chi connectivity index (χ4v) is 2.77. The molecule has 0 aliphatic carbocycles. The van der Waals surface area contributed by atoms with Crippen LogP contribution in [0.4, 0.5) is 24.7 Å². The lowest BCUT2D eigenvalue weighted by Crippen LogP contribution is -2.12. The Bertz CT molecular complexity index is 949. The van der Waals surface area contributed by atoms with Crippen LogP contribution in [0.3, 0.4) is 0 Å². The lowest BCUT2D eigenvalue weighted by molar-refractivity contribution is -0.137. The highest BCUT2D eigenvalue weighted by Crippen LogP contribution is 2.35. The topological polar surface area (TPSA) is 56.3 Å². The van der Waals surface area contributed by atoms with Crippen LogP contribution < -0.4 is 14.8 Å². The summed E-state index contributed by atoms with van der Waals surface area (Å²) in [5.41, 5.74) is 0.327. The van der Waals surface area contributed by atoms with Gasteiger partial charge >= 0.3 is 12.2 Å². The van der Waals surface area contributed by atoms with Gasteiger partial charge in [0, 0.05) is 11.9 Å². The van der Waals surface area contributed by atoms with Crippen molar-refractivity contribution in [3.05, 3.63) is 71.9 Å². The summed E-state index contributed by atoms with van der Waals surface area (Å²) in [6, 6.07) is 15.8. The van der Waals surface area contributed by atoms with Crippen molar-refractivity contribution in [3.8, 4) is 11.8 Å². The Balaban J connectivity index is 1.71. The van der Waals surface area contributed by atoms with E-state index in [9.17, 15) is 13.2 Å². The Morgan fingerprint density at radius 2 is 1.68 bits per heavy atom. The average Bonchev–Trinajstić information content (AvgIpc) is 2.76. The molecule has 0 radical (unpaired) electrons. The number of nitrogens with zero attached hydrogens (tertiary/aromatic N) is 2. The largest absolute Gasteiger partial charge is 0.494 e. The summed E-state index contributed by atoms with van der Waals surface area (Å²) in [6.45, 7) is 2.86. The highest BCUT2D eigenvalue weighted by atomic mass is 19.4. The van der Waals surface area contributed by atoms with Crippen LogP contribution in [0, 0.1) is 0 Å². The molecule has 0 bridgehead atoms. The molecule has 0 aliphatic rings. The van der Waals surface area contributed by atoms with Crippen molar-refractivity contribution in [2.24, 2.45) is 0 Å². The summed E-state index contributed by atoms with van der Waals surface area (Å²) in [6.07, 6.45) is -0.742. The van der Waals surface area contributed by atoms with Gasteiger partial charge in [-0.25, -0.2) is 4.98 Å². The monoisotopic (exact) mass is 431 g/mol. The molecule has 1 heterocycles. The van der Waals surface area contributed by atoms with Gasteiger partial charge in [0.1, 0.15) is 23.7 Å². The average molecular weight is 431 g/mol. The summed E-state index contributed by atoms with van der Waals surface area (Å²) in [7, 11) is 0. The van der Waals surface area contributed by atoms with Crippen LogP contribution in [0.2, 0.25) is 0 Å². The number of alkyl halides is 3. The Hall–Kier alpha value is -3.29. The van der Waals surface area contributed by atoms with E-state index in [0.29, 0.717) is 18.0 Å². The maximum absolute atomic E-state index is 13.4. The number of aromatic nitrogens is 2. The summed E-state index contributed by atoms with van der Waals surface area (Å²) < 4.78 is 51.4. The smallest absolute Gasteiger partial charge is 0.421 e. The van der Waals surface area contributed by atoms with E-state index in [1.54, 1.807) is 24.3 Å². The molecule has 0 amide bonds. The van der Waals surface area contributed by atoms with Crippen LogP contribution in [0.1, 0.15) is 37.3 Å². The first-order chi connectivity index (χ1) is 15.0. The number of halogens is 3. The predicted octanol–water partition coefficient (Wildman–Crippen LogP) is 6.39. The molecule has 2 aromatic carbocycles. The van der Waals surface area contributed by atoms with Crippen LogP contribution in [0.5, 0.6) is 11.8 Å². The zero-order valence-corrected chi connectivity index (χ0v) is 17.2. The quantitative estimate of drug-likeness (QED) is 0.377. The van der Waals surface area contributed by atoms with Gasteiger partial charge in [0.15, 0.2) is 0 Å². The third-order valence-corrected chi connectivity index (χ3v) is 4.42. The highest BCUT2D eigenvalue weighted by Gasteiger charge is 2.35. The van der Waals surface area contributed by atoms with Crippen molar-refractivity contribution >= 4 is 11.5 Å². The molecule has 5 nitrogen and oxygen atoms in total. The number of hydrogen-bond acceptors (Lipinski definition) is 5. The van der Waals surface area contributed by atoms with Gasteiger partial charge in [0.2, 0.25) is 0 Å². The van der Waals surface area contributed by atoms with Gasteiger partial charge in [-0.05, 0) is 36.2 Å². The number of unbranched alkanes of at least 4 members (excludes halogenated alkanes) is 2. The van der Waals surface area contributed by atoms with Crippen molar-refractivity contribution in [2.45, 2.75) is 39.0 Å². The van der Waals surface area contributed by atoms with E-state index in [0.717, 1.165) is 31.0 Å². The molecule has 1 aromatic heterocycles. The lowest BCUT2D eigenvalue weighted by atomic mass is 10.2. The highest BCUT2D eigenvalue weighted by molar-refractivity contribution is 5.60. The first kappa shape index (κ1) is 22.4. The second kappa shape index (κ2) is 10.7. The summed E-state index contributed by atoms with van der Waals surface area (Å²) in [5.74, 6) is 0.287. The van der Waals surface area contributed by atoms with E-state index in [1.807, 2.05) is 30.3 Å². The predicted molar refractivity (Wildman–Crippen MR) is 113 cm³/mol. The first-order valence-corrected chi connectivity index (χ1v) is 10.1. The van der Waals surface area contributed by atoms with Gasteiger partial charge in [-0.3, -0.25) is 0 Å². The van der Waals surface area contributed by atoms with Gasteiger partial charge in [-0.2, -0.15) is 18.2 Å². The molecule has 0 aliphatic heterocycles. The van der Waals surface area contributed by atoms with Crippen molar-refractivity contribution in [2.75, 3.05) is 11.9 Å². The fourth-order valence-electron chi connectivity index (χ4n) is 2.77. The summed E-state index contributed by atoms with van der Waals surface area (Å²) in [4.78, 5) is 7.66. The minimum Gasteiger partial charge on any atom is -0.494 e. The van der Waals surface area contributed by atoms with Crippen LogP contribution in [-0.4, -0.2) is 16.6 Å². The van der Waals surface area contributed by atoms with Gasteiger partial charge in [-0.15, -0.1) is 0 Å². The maximum Gasteiger partial charge on any atom is 0.421 e. The van der Waals surface area contributed by atoms with Crippen molar-refractivity contribution in [1.29, 1.82) is 0 Å². The second-order valence-electron chi connectivity index (χ2n) is 6.89. The summed E-state index contributed by atoms with van der Waals surface area (Å²) >= 11 is 0. The SMILES string of the molecule is CCCCCOc1ccc(Nc2nc(OCc3ccccc3)ncc2C(F)(F)F)cc1. The minimum absolute atomic E-state index is 0.143. The summed E-state index contributed by atoms with van der Waals surface area (Å²) in [5, 5.41) is 2.71. The minimum atomic E-state index is -4.61. The molecule has 0 atom stereocenters. The molecule has 1 N–H and O–H groups in total. The van der Waals surface area contributed by atoms with Crippen LogP contribution in [-0.2, 0) is 12.8 Å². The van der Waals surface area contributed by atoms with Gasteiger partial charge < -0.3 is 14.8 Å². The molecular formula is C23H24F3N3O2. The van der Waals surface area contributed by atoms with Crippen molar-refractivity contribution in [3.63, 3.8) is 0 Å². The fraction of sp³-hybridized carbons (Fsp3) is 0.304. The van der Waals surface area contributed by atoms with Gasteiger partial charge in [0.05, 0.1) is 6.61 Å². The van der Waals surface area contributed by atoms with Crippen LogP contribution in [0.15, 0.2) is 60.8 Å². The third-order valence-electron chi connectivity index (χ3n) is 4.42. The molecule has 8 heteroatoms. The lowest BCUT2D eigenvalue weighted by Gasteiger charge is -2.15. The van der Waals surface area contributed by atoms with E-state index >= 15 is 0 Å². The molecule has 3 aromatic rings. The second-order valence-corrected chi connectivity index (χ2v) is 6.89. The normalized spacial score (nSPS) is 11.2. The number of anilines is 2. The number of ether oxygens (including phenoxy) is 2.